The van der Waals surface area contributed by atoms with Gasteiger partial charge < -0.3 is 9.47 Å². The predicted molar refractivity (Wildman–Crippen MR) is 125 cm³/mol. The highest BCUT2D eigenvalue weighted by Crippen LogP contribution is 2.43. The van der Waals surface area contributed by atoms with Crippen LogP contribution in [0.4, 0.5) is 0 Å². The van der Waals surface area contributed by atoms with Crippen molar-refractivity contribution in [2.24, 2.45) is 5.92 Å². The second-order valence-electron chi connectivity index (χ2n) is 9.26. The second kappa shape index (κ2) is 7.92. The molecule has 3 aromatic rings. The first-order chi connectivity index (χ1) is 15.0. The van der Waals surface area contributed by atoms with Gasteiger partial charge in [-0.15, -0.1) is 11.3 Å². The average molecular weight is 435 g/mol. The fourth-order valence-electron chi connectivity index (χ4n) is 5.23. The zero-order valence-electron chi connectivity index (χ0n) is 18.5. The minimum absolute atomic E-state index is 0.158. The Hall–Kier alpha value is -2.44. The number of benzene rings is 1. The minimum atomic E-state index is -0.158. The van der Waals surface area contributed by atoms with Crippen molar-refractivity contribution in [2.75, 3.05) is 19.6 Å². The third kappa shape index (κ3) is 3.52. The molecular weight excluding hydrogens is 404 g/mol. The maximum Gasteiger partial charge on any atom is 0.263 e. The van der Waals surface area contributed by atoms with Crippen molar-refractivity contribution in [3.8, 4) is 5.69 Å². The first-order valence-corrected chi connectivity index (χ1v) is 12.0. The molecule has 0 unspecified atom stereocenters. The Labute approximate surface area is 188 Å². The van der Waals surface area contributed by atoms with Crippen LogP contribution in [0.15, 0.2) is 48.8 Å². The molecule has 0 radical (unpaired) electrons. The largest absolute Gasteiger partial charge is 0.338 e. The number of imidazole rings is 1. The molecule has 5 nitrogen and oxygen atoms in total. The van der Waals surface area contributed by atoms with Crippen molar-refractivity contribution in [1.29, 1.82) is 0 Å². The Kier molecular flexibility index (Phi) is 5.22. The molecule has 0 saturated carbocycles. The number of likely N-dealkylation sites (tertiary alicyclic amines) is 1. The molecule has 4 heterocycles. The highest BCUT2D eigenvalue weighted by Gasteiger charge is 2.47. The van der Waals surface area contributed by atoms with Gasteiger partial charge in [-0.25, -0.2) is 4.98 Å². The van der Waals surface area contributed by atoms with Gasteiger partial charge in [0.2, 0.25) is 0 Å². The van der Waals surface area contributed by atoms with Crippen LogP contribution < -0.4 is 0 Å². The average Bonchev–Trinajstić information content (AvgIpc) is 3.41. The van der Waals surface area contributed by atoms with Crippen LogP contribution in [0.25, 0.3) is 5.69 Å². The van der Waals surface area contributed by atoms with E-state index in [9.17, 15) is 4.79 Å². The van der Waals surface area contributed by atoms with Gasteiger partial charge in [0.25, 0.3) is 5.91 Å². The first kappa shape index (κ1) is 20.5. The van der Waals surface area contributed by atoms with Crippen LogP contribution in [-0.4, -0.2) is 44.9 Å². The molecule has 2 aliphatic rings. The summed E-state index contributed by atoms with van der Waals surface area (Å²) in [6, 6.07) is 12.7. The van der Waals surface area contributed by atoms with Crippen LogP contribution in [0.5, 0.6) is 0 Å². The van der Waals surface area contributed by atoms with E-state index < -0.39 is 0 Å². The third-order valence-corrected chi connectivity index (χ3v) is 7.68. The highest BCUT2D eigenvalue weighted by atomic mass is 32.1. The van der Waals surface area contributed by atoms with Crippen LogP contribution in [0.2, 0.25) is 0 Å². The Morgan fingerprint density at radius 2 is 1.94 bits per heavy atom. The number of piperidine rings is 1. The minimum Gasteiger partial charge on any atom is -0.338 e. The summed E-state index contributed by atoms with van der Waals surface area (Å²) in [5, 5.41) is 0. The summed E-state index contributed by atoms with van der Waals surface area (Å²) >= 11 is 1.59. The molecule has 31 heavy (non-hydrogen) atoms. The molecule has 0 atom stereocenters. The van der Waals surface area contributed by atoms with E-state index in [-0.39, 0.29) is 11.4 Å². The first-order valence-electron chi connectivity index (χ1n) is 11.2. The number of para-hydroxylation sites is 1. The molecule has 6 heteroatoms. The van der Waals surface area contributed by atoms with Crippen LogP contribution in [0.1, 0.15) is 52.6 Å². The number of carbonyl (C=O) groups excluding carboxylic acids is 1. The summed E-state index contributed by atoms with van der Waals surface area (Å²) in [5.41, 5.74) is 2.41. The number of amides is 1. The van der Waals surface area contributed by atoms with Gasteiger partial charge in [0.1, 0.15) is 5.82 Å². The van der Waals surface area contributed by atoms with Crippen molar-refractivity contribution in [3.63, 3.8) is 0 Å². The number of nitrogens with zero attached hydrogens (tertiary/aromatic N) is 4. The van der Waals surface area contributed by atoms with Gasteiger partial charge in [0, 0.05) is 43.4 Å². The van der Waals surface area contributed by atoms with Crippen molar-refractivity contribution in [1.82, 2.24) is 19.4 Å². The van der Waals surface area contributed by atoms with Gasteiger partial charge in [-0.1, -0.05) is 32.0 Å². The van der Waals surface area contributed by atoms with Crippen molar-refractivity contribution >= 4 is 17.2 Å². The number of hydrogen-bond acceptors (Lipinski definition) is 4. The summed E-state index contributed by atoms with van der Waals surface area (Å²) in [6.45, 7) is 10.1. The summed E-state index contributed by atoms with van der Waals surface area (Å²) in [7, 11) is 0. The van der Waals surface area contributed by atoms with Gasteiger partial charge >= 0.3 is 0 Å². The van der Waals surface area contributed by atoms with Crippen LogP contribution >= 0.6 is 11.3 Å². The van der Waals surface area contributed by atoms with Crippen molar-refractivity contribution < 1.29 is 4.79 Å². The van der Waals surface area contributed by atoms with Gasteiger partial charge in [-0.3, -0.25) is 9.69 Å². The lowest BCUT2D eigenvalue weighted by Gasteiger charge is -2.48. The van der Waals surface area contributed by atoms with Gasteiger partial charge in [-0.05, 0) is 49.4 Å². The predicted octanol–water partition coefficient (Wildman–Crippen LogP) is 4.85. The number of hydrogen-bond donors (Lipinski definition) is 0. The Balaban J connectivity index is 1.50. The molecule has 2 aromatic heterocycles. The quantitative estimate of drug-likeness (QED) is 0.592. The molecule has 0 N–H and O–H groups in total. The van der Waals surface area contributed by atoms with Gasteiger partial charge in [-0.2, -0.15) is 0 Å². The monoisotopic (exact) mass is 434 g/mol. The number of aromatic nitrogens is 2. The fourth-order valence-corrected chi connectivity index (χ4v) is 6.06. The third-order valence-electron chi connectivity index (χ3n) is 6.69. The normalized spacial score (nSPS) is 18.1. The van der Waals surface area contributed by atoms with E-state index in [2.05, 4.69) is 60.7 Å². The molecule has 1 fully saturated rings. The Bertz CT molecular complexity index is 1090. The summed E-state index contributed by atoms with van der Waals surface area (Å²) < 4.78 is 2.29. The lowest BCUT2D eigenvalue weighted by atomic mass is 9.83. The van der Waals surface area contributed by atoms with Crippen LogP contribution in [0.3, 0.4) is 0 Å². The summed E-state index contributed by atoms with van der Waals surface area (Å²) in [5.74, 6) is 1.85. The standard InChI is InChI=1S/C25H30N4OS/c1-18(2)16-28-17-20-6-4-5-7-21(20)29-15-12-26-24(29)25(28)10-13-27(14-11-25)23(30)22-9-8-19(3)31-22/h4-9,12,15,18H,10-11,13-14,16-17H2,1-3H3. The summed E-state index contributed by atoms with van der Waals surface area (Å²) in [6.07, 6.45) is 5.83. The molecule has 1 spiro atoms. The molecule has 1 amide bonds. The van der Waals surface area contributed by atoms with E-state index in [1.54, 1.807) is 11.3 Å². The number of thiophene rings is 1. The van der Waals surface area contributed by atoms with Gasteiger partial charge in [0.05, 0.1) is 16.1 Å². The zero-order valence-corrected chi connectivity index (χ0v) is 19.4. The van der Waals surface area contributed by atoms with E-state index >= 15 is 0 Å². The lowest BCUT2D eigenvalue weighted by molar-refractivity contribution is 0.000924. The molecule has 2 aliphatic heterocycles. The molecule has 1 saturated heterocycles. The number of rotatable bonds is 3. The van der Waals surface area contributed by atoms with Crippen molar-refractivity contribution in [2.45, 2.75) is 45.7 Å². The molecule has 0 bridgehead atoms. The topological polar surface area (TPSA) is 41.4 Å². The van der Waals surface area contributed by atoms with Crippen LogP contribution in [0, 0.1) is 12.8 Å². The van der Waals surface area contributed by atoms with E-state index in [4.69, 9.17) is 4.98 Å². The van der Waals surface area contributed by atoms with E-state index in [1.165, 1.54) is 16.1 Å². The highest BCUT2D eigenvalue weighted by molar-refractivity contribution is 7.13. The van der Waals surface area contributed by atoms with Crippen molar-refractivity contribution in [3.05, 3.63) is 69.9 Å². The maximum atomic E-state index is 13.1. The SMILES string of the molecule is Cc1ccc(C(=O)N2CCC3(CC2)c2nccn2-c2ccccc2CN3CC(C)C)s1. The van der Waals surface area contributed by atoms with E-state index in [0.717, 1.165) is 49.7 Å². The number of carbonyl (C=O) groups is 1. The fraction of sp³-hybridized carbons (Fsp3) is 0.440. The Morgan fingerprint density at radius 1 is 1.16 bits per heavy atom. The lowest BCUT2D eigenvalue weighted by Crippen LogP contribution is -2.55. The molecular formula is C25H30N4OS. The zero-order chi connectivity index (χ0) is 21.6. The van der Waals surface area contributed by atoms with Gasteiger partial charge in [0.15, 0.2) is 0 Å². The second-order valence-corrected chi connectivity index (χ2v) is 10.5. The van der Waals surface area contributed by atoms with E-state index in [1.807, 2.05) is 23.2 Å². The number of aryl methyl sites for hydroxylation is 1. The van der Waals surface area contributed by atoms with Crippen LogP contribution in [-0.2, 0) is 12.1 Å². The number of fused-ring (bicyclic) bond motifs is 4. The maximum absolute atomic E-state index is 13.1. The molecule has 162 valence electrons. The Morgan fingerprint density at radius 3 is 2.65 bits per heavy atom. The molecule has 5 rings (SSSR count). The van der Waals surface area contributed by atoms with E-state index in [0.29, 0.717) is 5.92 Å². The smallest absolute Gasteiger partial charge is 0.263 e. The summed E-state index contributed by atoms with van der Waals surface area (Å²) in [4.78, 5) is 24.7. The molecule has 0 aliphatic carbocycles. The molecule has 1 aromatic carbocycles.